The van der Waals surface area contributed by atoms with Gasteiger partial charge in [0.2, 0.25) is 5.91 Å². The number of carbonyl (C=O) groups excluding carboxylic acids is 1. The van der Waals surface area contributed by atoms with Crippen molar-refractivity contribution in [2.45, 2.75) is 52.9 Å². The van der Waals surface area contributed by atoms with Crippen LogP contribution in [0.2, 0.25) is 0 Å². The maximum atomic E-state index is 11.7. The van der Waals surface area contributed by atoms with Crippen molar-refractivity contribution in [3.63, 3.8) is 0 Å². The molecule has 96 valence electrons. The minimum absolute atomic E-state index is 0.00237. The van der Waals surface area contributed by atoms with E-state index < -0.39 is 0 Å². The quantitative estimate of drug-likeness (QED) is 0.749. The van der Waals surface area contributed by atoms with E-state index in [0.717, 1.165) is 12.4 Å². The molecule has 1 unspecified atom stereocenters. The van der Waals surface area contributed by atoms with E-state index in [1.165, 1.54) is 0 Å². The van der Waals surface area contributed by atoms with Crippen LogP contribution in [0.4, 0.5) is 0 Å². The van der Waals surface area contributed by atoms with Crippen LogP contribution >= 0.6 is 0 Å². The number of nitrogens with zero attached hydrogens (tertiary/aromatic N) is 3. The summed E-state index contributed by atoms with van der Waals surface area (Å²) in [7, 11) is 0. The third-order valence-corrected chi connectivity index (χ3v) is 2.43. The fourth-order valence-electron chi connectivity index (χ4n) is 1.43. The molecule has 0 radical (unpaired) electrons. The summed E-state index contributed by atoms with van der Waals surface area (Å²) in [5, 5.41) is 13.8. The van der Waals surface area contributed by atoms with E-state index in [2.05, 4.69) is 20.8 Å². The van der Waals surface area contributed by atoms with Crippen LogP contribution in [0.1, 0.15) is 33.5 Å². The van der Waals surface area contributed by atoms with Gasteiger partial charge in [-0.3, -0.25) is 10.1 Å². The number of nitrogens with one attached hydrogen (secondary N) is 2. The van der Waals surface area contributed by atoms with E-state index in [0.29, 0.717) is 6.54 Å². The van der Waals surface area contributed by atoms with E-state index in [4.69, 9.17) is 0 Å². The van der Waals surface area contributed by atoms with Gasteiger partial charge in [0.25, 0.3) is 0 Å². The lowest BCUT2D eigenvalue weighted by Gasteiger charge is -2.15. The predicted molar refractivity (Wildman–Crippen MR) is 65.3 cm³/mol. The number of aryl methyl sites for hydroxylation is 1. The van der Waals surface area contributed by atoms with Gasteiger partial charge >= 0.3 is 0 Å². The summed E-state index contributed by atoms with van der Waals surface area (Å²) in [4.78, 5) is 11.7. The Kier molecular flexibility index (Phi) is 5.09. The van der Waals surface area contributed by atoms with Gasteiger partial charge in [-0.15, -0.1) is 10.2 Å². The van der Waals surface area contributed by atoms with Crippen molar-refractivity contribution in [2.75, 3.05) is 0 Å². The molecule has 0 fully saturated rings. The predicted octanol–water partition coefficient (Wildman–Crippen LogP) is 0.301. The van der Waals surface area contributed by atoms with Crippen LogP contribution < -0.4 is 10.6 Å². The molecule has 0 saturated heterocycles. The standard InChI is InChI=1S/C11H21N5O/c1-5-16-7-13-15-10(16)6-12-9(4)11(17)14-8(2)3/h7-9,12H,5-6H2,1-4H3,(H,14,17). The van der Waals surface area contributed by atoms with Crippen molar-refractivity contribution >= 4 is 5.91 Å². The molecule has 1 amide bonds. The van der Waals surface area contributed by atoms with E-state index in [1.54, 1.807) is 6.33 Å². The van der Waals surface area contributed by atoms with Crippen LogP contribution in [0.15, 0.2) is 6.33 Å². The van der Waals surface area contributed by atoms with Gasteiger partial charge in [-0.25, -0.2) is 0 Å². The van der Waals surface area contributed by atoms with Gasteiger partial charge in [0.1, 0.15) is 12.2 Å². The van der Waals surface area contributed by atoms with Crippen LogP contribution in [0.25, 0.3) is 0 Å². The Morgan fingerprint density at radius 1 is 1.47 bits per heavy atom. The first kappa shape index (κ1) is 13.6. The van der Waals surface area contributed by atoms with E-state index in [1.807, 2.05) is 32.3 Å². The van der Waals surface area contributed by atoms with Gasteiger partial charge in [-0.1, -0.05) is 0 Å². The molecule has 0 aliphatic rings. The molecular formula is C11H21N5O. The number of carbonyl (C=O) groups is 1. The Morgan fingerprint density at radius 3 is 2.76 bits per heavy atom. The van der Waals surface area contributed by atoms with Gasteiger partial charge in [-0.05, 0) is 27.7 Å². The van der Waals surface area contributed by atoms with Gasteiger partial charge in [0, 0.05) is 12.6 Å². The molecule has 17 heavy (non-hydrogen) atoms. The van der Waals surface area contributed by atoms with Crippen LogP contribution in [-0.2, 0) is 17.9 Å². The zero-order valence-electron chi connectivity index (χ0n) is 10.9. The maximum absolute atomic E-state index is 11.7. The molecule has 0 bridgehead atoms. The van der Waals surface area contributed by atoms with Gasteiger partial charge in [0.15, 0.2) is 0 Å². The van der Waals surface area contributed by atoms with Gasteiger partial charge in [0.05, 0.1) is 12.6 Å². The number of aromatic nitrogens is 3. The van der Waals surface area contributed by atoms with Crippen molar-refractivity contribution in [2.24, 2.45) is 0 Å². The average molecular weight is 239 g/mol. The monoisotopic (exact) mass is 239 g/mol. The molecule has 1 atom stereocenters. The van der Waals surface area contributed by atoms with Crippen molar-refractivity contribution in [3.05, 3.63) is 12.2 Å². The smallest absolute Gasteiger partial charge is 0.237 e. The zero-order valence-corrected chi connectivity index (χ0v) is 10.9. The SMILES string of the molecule is CCn1cnnc1CNC(C)C(=O)NC(C)C. The highest BCUT2D eigenvalue weighted by Crippen LogP contribution is 1.95. The molecule has 1 aromatic heterocycles. The second-order valence-electron chi connectivity index (χ2n) is 4.30. The molecule has 6 nitrogen and oxygen atoms in total. The largest absolute Gasteiger partial charge is 0.353 e. The fraction of sp³-hybridized carbons (Fsp3) is 0.727. The second kappa shape index (κ2) is 6.34. The van der Waals surface area contributed by atoms with Gasteiger partial charge in [-0.2, -0.15) is 0 Å². The lowest BCUT2D eigenvalue weighted by atomic mass is 10.3. The third-order valence-electron chi connectivity index (χ3n) is 2.43. The van der Waals surface area contributed by atoms with Crippen LogP contribution in [-0.4, -0.2) is 32.8 Å². The van der Waals surface area contributed by atoms with Crippen LogP contribution in [0.3, 0.4) is 0 Å². The molecule has 1 rings (SSSR count). The van der Waals surface area contributed by atoms with E-state index >= 15 is 0 Å². The first-order valence-electron chi connectivity index (χ1n) is 5.95. The highest BCUT2D eigenvalue weighted by Gasteiger charge is 2.13. The Balaban J connectivity index is 2.42. The summed E-state index contributed by atoms with van der Waals surface area (Å²) in [6, 6.07) is -0.0783. The highest BCUT2D eigenvalue weighted by atomic mass is 16.2. The summed E-state index contributed by atoms with van der Waals surface area (Å²) in [6.07, 6.45) is 1.69. The van der Waals surface area contributed by atoms with Crippen molar-refractivity contribution in [1.29, 1.82) is 0 Å². The summed E-state index contributed by atoms with van der Waals surface area (Å²) in [5.74, 6) is 0.847. The molecule has 0 spiro atoms. The molecule has 1 heterocycles. The lowest BCUT2D eigenvalue weighted by Crippen LogP contribution is -2.44. The average Bonchev–Trinajstić information content (AvgIpc) is 2.72. The summed E-state index contributed by atoms with van der Waals surface area (Å²) in [6.45, 7) is 9.12. The first-order valence-corrected chi connectivity index (χ1v) is 5.95. The first-order chi connectivity index (χ1) is 8.04. The van der Waals surface area contributed by atoms with E-state index in [-0.39, 0.29) is 18.0 Å². The van der Waals surface area contributed by atoms with Crippen molar-refractivity contribution in [1.82, 2.24) is 25.4 Å². The number of hydrogen-bond acceptors (Lipinski definition) is 4. The number of amides is 1. The molecule has 6 heteroatoms. The summed E-state index contributed by atoms with van der Waals surface area (Å²) < 4.78 is 1.94. The Bertz CT molecular complexity index is 360. The van der Waals surface area contributed by atoms with Gasteiger partial charge < -0.3 is 9.88 Å². The molecule has 0 aromatic carbocycles. The topological polar surface area (TPSA) is 71.8 Å². The van der Waals surface area contributed by atoms with Crippen LogP contribution in [0, 0.1) is 0 Å². The Morgan fingerprint density at radius 2 is 2.18 bits per heavy atom. The summed E-state index contributed by atoms with van der Waals surface area (Å²) in [5.41, 5.74) is 0. The van der Waals surface area contributed by atoms with Crippen molar-refractivity contribution < 1.29 is 4.79 Å². The van der Waals surface area contributed by atoms with Crippen LogP contribution in [0.5, 0.6) is 0 Å². The summed E-state index contributed by atoms with van der Waals surface area (Å²) >= 11 is 0. The molecule has 2 N–H and O–H groups in total. The minimum Gasteiger partial charge on any atom is -0.353 e. The second-order valence-corrected chi connectivity index (χ2v) is 4.30. The third kappa shape index (κ3) is 4.14. The fourth-order valence-corrected chi connectivity index (χ4v) is 1.43. The molecule has 1 aromatic rings. The van der Waals surface area contributed by atoms with E-state index in [9.17, 15) is 4.79 Å². The Hall–Kier alpha value is -1.43. The lowest BCUT2D eigenvalue weighted by molar-refractivity contribution is -0.123. The number of hydrogen-bond donors (Lipinski definition) is 2. The van der Waals surface area contributed by atoms with Crippen molar-refractivity contribution in [3.8, 4) is 0 Å². The zero-order chi connectivity index (χ0) is 12.8. The minimum atomic E-state index is -0.237. The highest BCUT2D eigenvalue weighted by molar-refractivity contribution is 5.81. The Labute approximate surface area is 102 Å². The number of rotatable bonds is 6. The maximum Gasteiger partial charge on any atom is 0.237 e. The normalized spacial score (nSPS) is 12.8. The molecule has 0 saturated carbocycles. The molecule has 0 aliphatic heterocycles. The molecule has 0 aliphatic carbocycles. The molecular weight excluding hydrogens is 218 g/mol.